The zero-order valence-corrected chi connectivity index (χ0v) is 15.2. The number of hydrogen-bond acceptors (Lipinski definition) is 0. The second-order valence-corrected chi connectivity index (χ2v) is 6.35. The number of fused-ring (bicyclic) bond motifs is 1. The Morgan fingerprint density at radius 1 is 0.818 bits per heavy atom. The smallest absolute Gasteiger partial charge is 0.00898 e. The highest BCUT2D eigenvalue weighted by molar-refractivity contribution is 5.46. The summed E-state index contributed by atoms with van der Waals surface area (Å²) in [6.07, 6.45) is 10.1. The molecular formula is C22H32. The summed E-state index contributed by atoms with van der Waals surface area (Å²) < 4.78 is 0. The fourth-order valence-electron chi connectivity index (χ4n) is 4.47. The van der Waals surface area contributed by atoms with Crippen molar-refractivity contribution in [1.82, 2.24) is 0 Å². The molecule has 0 N–H and O–H groups in total. The molecule has 1 saturated carbocycles. The van der Waals surface area contributed by atoms with Crippen molar-refractivity contribution in [2.75, 3.05) is 0 Å². The largest absolute Gasteiger partial charge is 0.0799 e. The van der Waals surface area contributed by atoms with E-state index in [4.69, 9.17) is 0 Å². The third kappa shape index (κ3) is 2.81. The van der Waals surface area contributed by atoms with E-state index in [1.807, 2.05) is 27.7 Å². The lowest BCUT2D eigenvalue weighted by Gasteiger charge is -2.49. The molecule has 0 aliphatic heterocycles. The van der Waals surface area contributed by atoms with Crippen LogP contribution in [0, 0.1) is 18.8 Å². The Hall–Kier alpha value is -1.30. The molecule has 5 rings (SSSR count). The molecule has 0 aromatic heterocycles. The predicted molar refractivity (Wildman–Crippen MR) is 98.5 cm³/mol. The third-order valence-corrected chi connectivity index (χ3v) is 5.24. The summed E-state index contributed by atoms with van der Waals surface area (Å²) in [5.41, 5.74) is 6.18. The maximum absolute atomic E-state index is 2.53. The third-order valence-electron chi connectivity index (χ3n) is 5.24. The highest BCUT2D eigenvalue weighted by atomic mass is 14.5. The van der Waals surface area contributed by atoms with E-state index in [0.717, 1.165) is 23.7 Å². The SMILES string of the molecule is CC.CC.CC1=CC2C3CCC(c4cc(C)ccc43)C2C=C1. The van der Waals surface area contributed by atoms with Gasteiger partial charge in [0.2, 0.25) is 0 Å². The summed E-state index contributed by atoms with van der Waals surface area (Å²) in [6, 6.07) is 7.14. The van der Waals surface area contributed by atoms with Crippen LogP contribution in [0.1, 0.15) is 76.0 Å². The Kier molecular flexibility index (Phi) is 5.67. The van der Waals surface area contributed by atoms with Gasteiger partial charge < -0.3 is 0 Å². The van der Waals surface area contributed by atoms with Gasteiger partial charge in [-0.2, -0.15) is 0 Å². The van der Waals surface area contributed by atoms with Crippen LogP contribution in [-0.2, 0) is 0 Å². The van der Waals surface area contributed by atoms with Gasteiger partial charge in [0.1, 0.15) is 0 Å². The van der Waals surface area contributed by atoms with Crippen LogP contribution >= 0.6 is 0 Å². The van der Waals surface area contributed by atoms with Crippen molar-refractivity contribution in [1.29, 1.82) is 0 Å². The monoisotopic (exact) mass is 296 g/mol. The van der Waals surface area contributed by atoms with Crippen molar-refractivity contribution in [2.24, 2.45) is 11.8 Å². The van der Waals surface area contributed by atoms with E-state index in [1.165, 1.54) is 24.0 Å². The molecule has 1 aromatic rings. The Bertz CT molecular complexity index is 561. The summed E-state index contributed by atoms with van der Waals surface area (Å²) in [5, 5.41) is 0. The summed E-state index contributed by atoms with van der Waals surface area (Å²) in [6.45, 7) is 12.5. The second-order valence-electron chi connectivity index (χ2n) is 6.35. The minimum absolute atomic E-state index is 0.766. The predicted octanol–water partition coefficient (Wildman–Crippen LogP) is 6.77. The first-order chi connectivity index (χ1) is 10.7. The number of benzene rings is 1. The van der Waals surface area contributed by atoms with Crippen LogP contribution in [0.25, 0.3) is 0 Å². The van der Waals surface area contributed by atoms with Gasteiger partial charge in [0.25, 0.3) is 0 Å². The number of hydrogen-bond donors (Lipinski definition) is 0. The van der Waals surface area contributed by atoms with Crippen LogP contribution in [0.4, 0.5) is 0 Å². The van der Waals surface area contributed by atoms with Gasteiger partial charge in [-0.05, 0) is 61.5 Å². The van der Waals surface area contributed by atoms with Crippen molar-refractivity contribution in [3.8, 4) is 0 Å². The van der Waals surface area contributed by atoms with Gasteiger partial charge in [0.15, 0.2) is 0 Å². The molecule has 1 aromatic carbocycles. The van der Waals surface area contributed by atoms with E-state index in [9.17, 15) is 0 Å². The van der Waals surface area contributed by atoms with Gasteiger partial charge in [-0.1, -0.05) is 75.3 Å². The first-order valence-electron chi connectivity index (χ1n) is 9.21. The minimum atomic E-state index is 0.766. The number of aryl methyl sites for hydroxylation is 1. The molecule has 0 radical (unpaired) electrons. The van der Waals surface area contributed by atoms with E-state index in [2.05, 4.69) is 50.3 Å². The molecule has 0 nitrogen and oxygen atoms in total. The lowest BCUT2D eigenvalue weighted by atomic mass is 9.55. The molecule has 0 heteroatoms. The van der Waals surface area contributed by atoms with Crippen LogP contribution in [-0.4, -0.2) is 0 Å². The highest BCUT2D eigenvalue weighted by Crippen LogP contribution is 2.57. The minimum Gasteiger partial charge on any atom is -0.0799 e. The summed E-state index contributed by atoms with van der Waals surface area (Å²) in [4.78, 5) is 0. The number of rotatable bonds is 0. The van der Waals surface area contributed by atoms with Gasteiger partial charge in [-0.3, -0.25) is 0 Å². The average molecular weight is 296 g/mol. The van der Waals surface area contributed by atoms with Crippen LogP contribution in [0.15, 0.2) is 42.0 Å². The molecule has 0 amide bonds. The standard InChI is InChI=1S/C18H20.2C2H6/c1-11-3-5-13-16-8-7-15(17(13)9-11)14-6-4-12(2)10-18(14)16;2*1-2/h3-6,9-10,13,15-17H,7-8H2,1-2H3;2*1-2H3. The fourth-order valence-corrected chi connectivity index (χ4v) is 4.47. The molecule has 2 bridgehead atoms. The van der Waals surface area contributed by atoms with E-state index in [0.29, 0.717) is 0 Å². The summed E-state index contributed by atoms with van der Waals surface area (Å²) in [5.74, 6) is 3.08. The van der Waals surface area contributed by atoms with Crippen LogP contribution in [0.5, 0.6) is 0 Å². The first-order valence-corrected chi connectivity index (χ1v) is 9.21. The molecule has 0 spiro atoms. The van der Waals surface area contributed by atoms with E-state index < -0.39 is 0 Å². The van der Waals surface area contributed by atoms with Crippen molar-refractivity contribution in [3.63, 3.8) is 0 Å². The highest BCUT2D eigenvalue weighted by Gasteiger charge is 2.45. The number of allylic oxidation sites excluding steroid dienone is 4. The molecule has 0 saturated heterocycles. The Morgan fingerprint density at radius 3 is 2.14 bits per heavy atom. The normalized spacial score (nSPS) is 30.0. The van der Waals surface area contributed by atoms with Crippen LogP contribution in [0.3, 0.4) is 0 Å². The van der Waals surface area contributed by atoms with E-state index in [-0.39, 0.29) is 0 Å². The van der Waals surface area contributed by atoms with Gasteiger partial charge in [0, 0.05) is 0 Å². The maximum Gasteiger partial charge on any atom is -0.00898 e. The molecule has 120 valence electrons. The maximum atomic E-state index is 2.53. The Labute approximate surface area is 137 Å². The van der Waals surface area contributed by atoms with E-state index >= 15 is 0 Å². The Balaban J connectivity index is 0.000000410. The van der Waals surface area contributed by atoms with Crippen LogP contribution < -0.4 is 0 Å². The molecule has 4 aliphatic carbocycles. The quantitative estimate of drug-likeness (QED) is 0.495. The van der Waals surface area contributed by atoms with Crippen molar-refractivity contribution >= 4 is 0 Å². The molecule has 22 heavy (non-hydrogen) atoms. The van der Waals surface area contributed by atoms with E-state index in [1.54, 1.807) is 11.1 Å². The topological polar surface area (TPSA) is 0 Å². The zero-order valence-electron chi connectivity index (χ0n) is 15.2. The molecule has 4 atom stereocenters. The average Bonchev–Trinajstić information content (AvgIpc) is 2.58. The van der Waals surface area contributed by atoms with Crippen molar-refractivity contribution in [3.05, 3.63) is 58.7 Å². The fraction of sp³-hybridized carbons (Fsp3) is 0.545. The molecule has 4 unspecified atom stereocenters. The molecular weight excluding hydrogens is 264 g/mol. The lowest BCUT2D eigenvalue weighted by Crippen LogP contribution is -2.37. The van der Waals surface area contributed by atoms with Gasteiger partial charge in [-0.25, -0.2) is 0 Å². The van der Waals surface area contributed by atoms with Gasteiger partial charge in [-0.15, -0.1) is 0 Å². The summed E-state index contributed by atoms with van der Waals surface area (Å²) >= 11 is 0. The molecule has 4 aliphatic rings. The molecule has 1 fully saturated rings. The van der Waals surface area contributed by atoms with Crippen LogP contribution in [0.2, 0.25) is 0 Å². The van der Waals surface area contributed by atoms with Gasteiger partial charge >= 0.3 is 0 Å². The first kappa shape index (κ1) is 17.1. The molecule has 0 heterocycles. The Morgan fingerprint density at radius 2 is 1.45 bits per heavy atom. The summed E-state index contributed by atoms with van der Waals surface area (Å²) in [7, 11) is 0. The lowest BCUT2D eigenvalue weighted by molar-refractivity contribution is 0.223. The second kappa shape index (κ2) is 7.31. The van der Waals surface area contributed by atoms with Crippen molar-refractivity contribution in [2.45, 2.75) is 66.2 Å². The van der Waals surface area contributed by atoms with Gasteiger partial charge in [0.05, 0.1) is 0 Å². The zero-order chi connectivity index (χ0) is 16.3. The van der Waals surface area contributed by atoms with Crippen molar-refractivity contribution < 1.29 is 0 Å².